The summed E-state index contributed by atoms with van der Waals surface area (Å²) in [6.07, 6.45) is 3.71. The smallest absolute Gasteiger partial charge is 0.303 e. The maximum absolute atomic E-state index is 15.2. The fourth-order valence-corrected chi connectivity index (χ4v) is 9.25. The number of allylic oxidation sites excluding steroid dienone is 2. The lowest BCUT2D eigenvalue weighted by Crippen LogP contribution is -2.53. The molecule has 7 rings (SSSR count). The number of imide groups is 2. The van der Waals surface area contributed by atoms with Crippen LogP contribution in [0, 0.1) is 23.7 Å². The molecule has 4 aliphatic rings. The Bertz CT molecular complexity index is 1980. The third kappa shape index (κ3) is 5.77. The Morgan fingerprint density at radius 3 is 2.42 bits per heavy atom. The van der Waals surface area contributed by atoms with E-state index in [4.69, 9.17) is 37.5 Å². The lowest BCUT2D eigenvalue weighted by molar-refractivity contribution is -0.141. The number of hydrogen-bond acceptors (Lipinski definition) is 9. The van der Waals surface area contributed by atoms with Gasteiger partial charge in [0.15, 0.2) is 0 Å². The average molecular weight is 751 g/mol. The largest absolute Gasteiger partial charge is 0.497 e. The number of amides is 4. The van der Waals surface area contributed by atoms with Gasteiger partial charge in [0.1, 0.15) is 29.3 Å². The van der Waals surface area contributed by atoms with Crippen LogP contribution in [0.15, 0.2) is 70.7 Å². The number of carboxylic acid groups (broad SMARTS) is 1. The Balaban J connectivity index is 1.34. The van der Waals surface area contributed by atoms with Crippen LogP contribution in [0.5, 0.6) is 5.75 Å². The van der Waals surface area contributed by atoms with E-state index in [1.54, 1.807) is 48.5 Å². The lowest BCUT2D eigenvalue weighted by Gasteiger charge is -2.49. The van der Waals surface area contributed by atoms with Crippen LogP contribution in [0.1, 0.15) is 61.5 Å². The summed E-state index contributed by atoms with van der Waals surface area (Å²) in [5, 5.41) is 20.5. The topological polar surface area (TPSA) is 167 Å². The molecule has 0 radical (unpaired) electrons. The molecule has 3 aromatic rings. The molecule has 1 aromatic heterocycles. The molecule has 2 saturated heterocycles. The van der Waals surface area contributed by atoms with Crippen molar-refractivity contribution in [1.29, 1.82) is 0 Å². The molecule has 3 fully saturated rings. The van der Waals surface area contributed by atoms with Crippen molar-refractivity contribution in [1.82, 2.24) is 9.91 Å². The summed E-state index contributed by atoms with van der Waals surface area (Å²) in [7, 11) is 1.53. The van der Waals surface area contributed by atoms with Crippen LogP contribution < -0.4 is 10.2 Å². The number of nitrogens with zero attached hydrogens (tertiary/aromatic N) is 2. The Hall–Kier alpha value is -4.65. The van der Waals surface area contributed by atoms with Crippen LogP contribution in [0.2, 0.25) is 10.0 Å². The molecule has 4 amide bonds. The summed E-state index contributed by atoms with van der Waals surface area (Å²) in [4.78, 5) is 70.2. The number of aliphatic hydroxyl groups excluding tert-OH is 1. The number of aliphatic hydroxyl groups is 1. The maximum atomic E-state index is 15.2. The van der Waals surface area contributed by atoms with Gasteiger partial charge in [0.2, 0.25) is 11.8 Å². The highest BCUT2D eigenvalue weighted by molar-refractivity contribution is 6.36. The van der Waals surface area contributed by atoms with Crippen molar-refractivity contribution in [3.05, 3.63) is 93.4 Å². The van der Waals surface area contributed by atoms with Gasteiger partial charge in [-0.2, -0.15) is 5.01 Å². The van der Waals surface area contributed by atoms with E-state index < -0.39 is 59.4 Å². The van der Waals surface area contributed by atoms with E-state index in [2.05, 4.69) is 5.43 Å². The molecule has 2 aliphatic carbocycles. The third-order valence-corrected chi connectivity index (χ3v) is 11.6. The first-order valence-corrected chi connectivity index (χ1v) is 18.0. The van der Waals surface area contributed by atoms with Gasteiger partial charge < -0.3 is 19.4 Å². The molecule has 12 nitrogen and oxygen atoms in total. The van der Waals surface area contributed by atoms with E-state index in [0.29, 0.717) is 46.9 Å². The zero-order valence-electron chi connectivity index (χ0n) is 28.2. The molecule has 52 heavy (non-hydrogen) atoms. The number of hydrazine groups is 1. The molecule has 0 spiro atoms. The van der Waals surface area contributed by atoms with E-state index in [0.717, 1.165) is 5.01 Å². The maximum Gasteiger partial charge on any atom is 0.303 e. The van der Waals surface area contributed by atoms with Crippen molar-refractivity contribution < 1.29 is 43.3 Å². The van der Waals surface area contributed by atoms with Gasteiger partial charge in [-0.05, 0) is 79.6 Å². The average Bonchev–Trinajstić information content (AvgIpc) is 3.77. The SMILES string of the molecule is COc1ccc([C@@]23C(=O)N(Nc4ccc(Cl)cc4Cl)C(=O)[C@@H]2C[C@@H]2C(=CC[C@@H]4C(=O)N(CCCCCC(=O)O)C(=O)[C@@H]42)[C@@H]3c2ccc(CO)o2)cc1. The molecule has 3 N–H and O–H groups in total. The highest BCUT2D eigenvalue weighted by Gasteiger charge is 2.71. The summed E-state index contributed by atoms with van der Waals surface area (Å²) < 4.78 is 11.6. The van der Waals surface area contributed by atoms with Crippen molar-refractivity contribution in [3.8, 4) is 5.75 Å². The number of ether oxygens (including phenoxy) is 1. The van der Waals surface area contributed by atoms with Crippen LogP contribution >= 0.6 is 23.2 Å². The van der Waals surface area contributed by atoms with Crippen LogP contribution in [-0.2, 0) is 36.0 Å². The van der Waals surface area contributed by atoms with Crippen molar-refractivity contribution in [2.45, 2.75) is 56.5 Å². The molecule has 0 bridgehead atoms. The lowest BCUT2D eigenvalue weighted by atomic mass is 9.50. The zero-order valence-corrected chi connectivity index (χ0v) is 29.7. The Labute approximate surface area is 309 Å². The molecule has 2 aliphatic heterocycles. The minimum Gasteiger partial charge on any atom is -0.497 e. The Kier molecular flexibility index (Phi) is 9.66. The molecule has 0 unspecified atom stereocenters. The minimum absolute atomic E-state index is 0.00877. The van der Waals surface area contributed by atoms with Gasteiger partial charge >= 0.3 is 5.97 Å². The van der Waals surface area contributed by atoms with Crippen LogP contribution in [0.3, 0.4) is 0 Å². The van der Waals surface area contributed by atoms with Gasteiger partial charge in [-0.15, -0.1) is 0 Å². The number of hydrogen-bond donors (Lipinski definition) is 3. The molecule has 3 heterocycles. The van der Waals surface area contributed by atoms with E-state index >= 15 is 4.79 Å². The number of likely N-dealkylation sites (tertiary alicyclic amines) is 1. The van der Waals surface area contributed by atoms with Crippen molar-refractivity contribution in [2.75, 3.05) is 19.1 Å². The molecule has 14 heteroatoms. The highest BCUT2D eigenvalue weighted by Crippen LogP contribution is 2.64. The van der Waals surface area contributed by atoms with E-state index in [1.807, 2.05) is 6.08 Å². The number of halogens is 2. The van der Waals surface area contributed by atoms with Crippen LogP contribution in [0.25, 0.3) is 0 Å². The number of carbonyl (C=O) groups excluding carboxylic acids is 4. The van der Waals surface area contributed by atoms with Gasteiger partial charge in [0.25, 0.3) is 11.8 Å². The molecule has 2 aromatic carbocycles. The van der Waals surface area contributed by atoms with E-state index in [-0.39, 0.29) is 54.1 Å². The molecular formula is C38H37Cl2N3O9. The van der Waals surface area contributed by atoms with Crippen molar-refractivity contribution in [3.63, 3.8) is 0 Å². The van der Waals surface area contributed by atoms with Crippen molar-refractivity contribution >= 4 is 58.5 Å². The normalized spacial score (nSPS) is 26.6. The molecular weight excluding hydrogens is 713 g/mol. The number of aliphatic carboxylic acids is 1. The summed E-state index contributed by atoms with van der Waals surface area (Å²) in [6, 6.07) is 14.9. The first kappa shape index (κ1) is 35.7. The second kappa shape index (κ2) is 14.1. The predicted octanol–water partition coefficient (Wildman–Crippen LogP) is 5.72. The quantitative estimate of drug-likeness (QED) is 0.118. The Morgan fingerprint density at radius 2 is 1.75 bits per heavy atom. The number of nitrogens with one attached hydrogen (secondary N) is 1. The number of unbranched alkanes of at least 4 members (excludes halogenated alkanes) is 2. The first-order chi connectivity index (χ1) is 25.0. The first-order valence-electron chi connectivity index (χ1n) is 17.2. The standard InChI is InChI=1S/C38H37Cl2N3O9/c1-51-22-9-6-20(7-10-22)38-27(35(48)43(37(38)50)41-29-14-8-21(39)17-28(29)40)18-26-24(33(38)30-15-11-23(19-44)52-30)12-13-25-32(26)36(49)42(34(25)47)16-4-2-3-5-31(45)46/h6-12,14-15,17,25-27,32-33,41,44H,2-5,13,16,18-19H2,1H3,(H,45,46)/t25-,26+,27-,32-,33+,38+/m0/s1. The Morgan fingerprint density at radius 1 is 0.981 bits per heavy atom. The van der Waals surface area contributed by atoms with Gasteiger partial charge in [-0.25, -0.2) is 0 Å². The number of furan rings is 1. The number of fused-ring (bicyclic) bond motifs is 4. The number of methoxy groups -OCH3 is 1. The molecule has 1 saturated carbocycles. The second-order valence-corrected chi connectivity index (χ2v) is 14.6. The monoisotopic (exact) mass is 749 g/mol. The number of rotatable bonds is 12. The van der Waals surface area contributed by atoms with Gasteiger partial charge in [-0.3, -0.25) is 34.3 Å². The van der Waals surface area contributed by atoms with Crippen molar-refractivity contribution in [2.24, 2.45) is 23.7 Å². The highest BCUT2D eigenvalue weighted by atomic mass is 35.5. The summed E-state index contributed by atoms with van der Waals surface area (Å²) in [5.41, 5.74) is 2.88. The fourth-order valence-electron chi connectivity index (χ4n) is 8.79. The fraction of sp³-hybridized carbons (Fsp3) is 0.395. The molecule has 272 valence electrons. The second-order valence-electron chi connectivity index (χ2n) is 13.7. The van der Waals surface area contributed by atoms with Crippen LogP contribution in [0.4, 0.5) is 5.69 Å². The number of benzene rings is 2. The third-order valence-electron chi connectivity index (χ3n) is 11.1. The number of carboxylic acids is 1. The minimum atomic E-state index is -1.58. The molecule has 6 atom stereocenters. The van der Waals surface area contributed by atoms with Gasteiger partial charge in [0.05, 0.1) is 41.5 Å². The summed E-state index contributed by atoms with van der Waals surface area (Å²) >= 11 is 12.6. The zero-order chi connectivity index (χ0) is 36.9. The van der Waals surface area contributed by atoms with Gasteiger partial charge in [-0.1, -0.05) is 53.4 Å². The number of carbonyl (C=O) groups is 5. The van der Waals surface area contributed by atoms with E-state index in [9.17, 15) is 24.3 Å². The number of anilines is 1. The van der Waals surface area contributed by atoms with Crippen LogP contribution in [-0.4, -0.2) is 63.4 Å². The van der Waals surface area contributed by atoms with E-state index in [1.165, 1.54) is 18.1 Å². The summed E-state index contributed by atoms with van der Waals surface area (Å²) in [6.45, 7) is -0.229. The summed E-state index contributed by atoms with van der Waals surface area (Å²) in [5.74, 6) is -5.43. The van der Waals surface area contributed by atoms with Gasteiger partial charge in [0, 0.05) is 18.0 Å². The predicted molar refractivity (Wildman–Crippen MR) is 188 cm³/mol.